The van der Waals surface area contributed by atoms with Gasteiger partial charge in [-0.3, -0.25) is 0 Å². The molecule has 1 aliphatic carbocycles. The van der Waals surface area contributed by atoms with Crippen LogP contribution in [0.1, 0.15) is 33.3 Å². The summed E-state index contributed by atoms with van der Waals surface area (Å²) >= 11 is 7.07. The summed E-state index contributed by atoms with van der Waals surface area (Å²) in [5.74, 6) is 0.909. The van der Waals surface area contributed by atoms with Crippen LogP contribution in [0.4, 0.5) is 0 Å². The first-order valence-electron chi connectivity index (χ1n) is 6.47. The molecule has 0 atom stereocenters. The number of hydrogen-bond donors (Lipinski definition) is 1. The summed E-state index contributed by atoms with van der Waals surface area (Å²) in [6, 6.07) is 4.66. The normalized spacial score (nSPS) is 20.4. The van der Waals surface area contributed by atoms with E-state index in [1.807, 2.05) is 6.07 Å². The van der Waals surface area contributed by atoms with Gasteiger partial charge in [-0.1, -0.05) is 43.6 Å². The van der Waals surface area contributed by atoms with Gasteiger partial charge in [0.2, 0.25) is 0 Å². The van der Waals surface area contributed by atoms with Crippen molar-refractivity contribution in [2.45, 2.75) is 40.3 Å². The lowest BCUT2D eigenvalue weighted by Crippen LogP contribution is -2.22. The third-order valence-corrected chi connectivity index (χ3v) is 5.85. The number of nitrogens with one attached hydrogen (secondary N) is 1. The highest BCUT2D eigenvalue weighted by Crippen LogP contribution is 2.62. The first-order valence-corrected chi connectivity index (χ1v) is 8.05. The van der Waals surface area contributed by atoms with Crippen molar-refractivity contribution in [2.75, 3.05) is 7.11 Å². The Bertz CT molecular complexity index is 483. The molecule has 0 heterocycles. The van der Waals surface area contributed by atoms with Crippen LogP contribution in [0.5, 0.6) is 5.75 Å². The molecule has 0 aromatic heterocycles. The van der Waals surface area contributed by atoms with Crippen LogP contribution in [0.3, 0.4) is 0 Å². The lowest BCUT2D eigenvalue weighted by atomic mass is 10.0. The maximum absolute atomic E-state index is 5.48. The first-order chi connectivity index (χ1) is 8.71. The summed E-state index contributed by atoms with van der Waals surface area (Å²) in [6.45, 7) is 10.1. The molecule has 2 nitrogen and oxygen atoms in total. The zero-order valence-corrected chi connectivity index (χ0v) is 15.3. The van der Waals surface area contributed by atoms with Crippen molar-refractivity contribution in [1.29, 1.82) is 0 Å². The van der Waals surface area contributed by atoms with Gasteiger partial charge in [-0.05, 0) is 38.9 Å². The van der Waals surface area contributed by atoms with E-state index in [1.54, 1.807) is 7.11 Å². The van der Waals surface area contributed by atoms with Gasteiger partial charge >= 0.3 is 0 Å². The van der Waals surface area contributed by atoms with E-state index in [1.165, 1.54) is 5.56 Å². The van der Waals surface area contributed by atoms with E-state index in [0.717, 1.165) is 21.2 Å². The third kappa shape index (κ3) is 2.59. The second-order valence-electron chi connectivity index (χ2n) is 6.34. The van der Waals surface area contributed by atoms with Crippen molar-refractivity contribution in [3.8, 4) is 5.75 Å². The lowest BCUT2D eigenvalue weighted by Gasteiger charge is -2.13. The predicted octanol–water partition coefficient (Wildman–Crippen LogP) is 4.74. The van der Waals surface area contributed by atoms with E-state index in [2.05, 4.69) is 70.9 Å². The van der Waals surface area contributed by atoms with E-state index in [-0.39, 0.29) is 0 Å². The Morgan fingerprint density at radius 3 is 2.21 bits per heavy atom. The molecule has 1 aromatic rings. The Morgan fingerprint density at radius 1 is 1.16 bits per heavy atom. The summed E-state index contributed by atoms with van der Waals surface area (Å²) in [5, 5.41) is 3.66. The molecule has 2 rings (SSSR count). The van der Waals surface area contributed by atoms with Gasteiger partial charge in [-0.15, -0.1) is 0 Å². The molecule has 1 fully saturated rings. The molecule has 0 spiro atoms. The highest BCUT2D eigenvalue weighted by Gasteiger charge is 2.64. The van der Waals surface area contributed by atoms with Crippen molar-refractivity contribution in [3.63, 3.8) is 0 Å². The molecule has 4 heteroatoms. The molecule has 0 saturated heterocycles. The second-order valence-corrected chi connectivity index (χ2v) is 8.11. The minimum absolute atomic E-state index is 0.351. The molecule has 0 aliphatic heterocycles. The summed E-state index contributed by atoms with van der Waals surface area (Å²) in [6.07, 6.45) is 0. The summed E-state index contributed by atoms with van der Waals surface area (Å²) in [4.78, 5) is 0. The highest BCUT2D eigenvalue weighted by atomic mass is 79.9. The minimum Gasteiger partial charge on any atom is -0.495 e. The fraction of sp³-hybridized carbons (Fsp3) is 0.600. The summed E-state index contributed by atoms with van der Waals surface area (Å²) in [7, 11) is 1.71. The van der Waals surface area contributed by atoms with Crippen molar-refractivity contribution >= 4 is 31.9 Å². The largest absolute Gasteiger partial charge is 0.495 e. The standard InChI is InChI=1S/C15H21Br2NO/c1-14(2)13(15(14,3)4)18-8-9-6-10(16)7-11(17)12(9)19-5/h6-7,13,18H,8H2,1-5H3. The zero-order chi connectivity index (χ0) is 14.4. The topological polar surface area (TPSA) is 21.3 Å². The number of rotatable bonds is 4. The third-order valence-electron chi connectivity index (χ3n) is 4.81. The van der Waals surface area contributed by atoms with Gasteiger partial charge in [-0.2, -0.15) is 0 Å². The number of methoxy groups -OCH3 is 1. The van der Waals surface area contributed by atoms with Crippen LogP contribution in [0.2, 0.25) is 0 Å². The maximum atomic E-state index is 5.48. The van der Waals surface area contributed by atoms with E-state index < -0.39 is 0 Å². The van der Waals surface area contributed by atoms with Crippen LogP contribution < -0.4 is 10.1 Å². The summed E-state index contributed by atoms with van der Waals surface area (Å²) < 4.78 is 7.52. The van der Waals surface area contributed by atoms with Gasteiger partial charge in [0.15, 0.2) is 0 Å². The Morgan fingerprint density at radius 2 is 1.74 bits per heavy atom. The molecule has 0 amide bonds. The molecule has 19 heavy (non-hydrogen) atoms. The van der Waals surface area contributed by atoms with Crippen LogP contribution >= 0.6 is 31.9 Å². The molecule has 1 N–H and O–H groups in total. The van der Waals surface area contributed by atoms with E-state index in [0.29, 0.717) is 16.9 Å². The van der Waals surface area contributed by atoms with Crippen LogP contribution in [-0.2, 0) is 6.54 Å². The van der Waals surface area contributed by atoms with E-state index >= 15 is 0 Å². The molecule has 0 unspecified atom stereocenters. The van der Waals surface area contributed by atoms with E-state index in [4.69, 9.17) is 4.74 Å². The molecular formula is C15H21Br2NO. The fourth-order valence-electron chi connectivity index (χ4n) is 2.89. The molecule has 0 radical (unpaired) electrons. The molecule has 106 valence electrons. The summed E-state index contributed by atoms with van der Waals surface area (Å²) in [5.41, 5.74) is 1.87. The van der Waals surface area contributed by atoms with Gasteiger partial charge in [0.1, 0.15) is 5.75 Å². The van der Waals surface area contributed by atoms with E-state index in [9.17, 15) is 0 Å². The quantitative estimate of drug-likeness (QED) is 0.801. The molecule has 1 saturated carbocycles. The monoisotopic (exact) mass is 389 g/mol. The SMILES string of the molecule is COc1c(Br)cc(Br)cc1CNC1C(C)(C)C1(C)C. The predicted molar refractivity (Wildman–Crippen MR) is 86.6 cm³/mol. The second kappa shape index (κ2) is 5.05. The zero-order valence-electron chi connectivity index (χ0n) is 12.1. The molecular weight excluding hydrogens is 370 g/mol. The average molecular weight is 391 g/mol. The smallest absolute Gasteiger partial charge is 0.137 e. The maximum Gasteiger partial charge on any atom is 0.137 e. The van der Waals surface area contributed by atoms with Gasteiger partial charge in [0, 0.05) is 22.6 Å². The number of halogens is 2. The van der Waals surface area contributed by atoms with Gasteiger partial charge in [-0.25, -0.2) is 0 Å². The van der Waals surface area contributed by atoms with Gasteiger partial charge < -0.3 is 10.1 Å². The van der Waals surface area contributed by atoms with Crippen LogP contribution in [-0.4, -0.2) is 13.2 Å². The molecule has 0 bridgehead atoms. The minimum atomic E-state index is 0.351. The van der Waals surface area contributed by atoms with Crippen LogP contribution in [0, 0.1) is 10.8 Å². The first kappa shape index (κ1) is 15.3. The fourth-order valence-corrected chi connectivity index (χ4v) is 4.37. The van der Waals surface area contributed by atoms with Crippen molar-refractivity contribution in [3.05, 3.63) is 26.6 Å². The average Bonchev–Trinajstić information content (AvgIpc) is 2.66. The van der Waals surface area contributed by atoms with Crippen molar-refractivity contribution in [1.82, 2.24) is 5.32 Å². The van der Waals surface area contributed by atoms with Gasteiger partial charge in [0.25, 0.3) is 0 Å². The highest BCUT2D eigenvalue weighted by molar-refractivity contribution is 9.11. The van der Waals surface area contributed by atoms with Crippen molar-refractivity contribution in [2.24, 2.45) is 10.8 Å². The number of benzene rings is 1. The Balaban J connectivity index is 2.13. The number of ether oxygens (including phenoxy) is 1. The Labute approximate surface area is 132 Å². The number of hydrogen-bond acceptors (Lipinski definition) is 2. The Hall–Kier alpha value is -0.0600. The van der Waals surface area contributed by atoms with Crippen LogP contribution in [0.25, 0.3) is 0 Å². The van der Waals surface area contributed by atoms with Crippen LogP contribution in [0.15, 0.2) is 21.1 Å². The Kier molecular flexibility index (Phi) is 4.07. The lowest BCUT2D eigenvalue weighted by molar-refractivity contribution is 0.403. The van der Waals surface area contributed by atoms with Gasteiger partial charge in [0.05, 0.1) is 11.6 Å². The molecule has 1 aliphatic rings. The molecule has 1 aromatic carbocycles. The van der Waals surface area contributed by atoms with Crippen molar-refractivity contribution < 1.29 is 4.74 Å².